The van der Waals surface area contributed by atoms with Crippen LogP contribution in [0, 0.1) is 6.92 Å². The smallest absolute Gasteiger partial charge is 0.0897 e. The van der Waals surface area contributed by atoms with Crippen molar-refractivity contribution in [1.29, 1.82) is 0 Å². The summed E-state index contributed by atoms with van der Waals surface area (Å²) in [6.07, 6.45) is 1.97. The maximum Gasteiger partial charge on any atom is 0.0897 e. The van der Waals surface area contributed by atoms with E-state index in [1.807, 2.05) is 13.1 Å². The molecule has 4 heteroatoms. The fourth-order valence-corrected chi connectivity index (χ4v) is 2.05. The van der Waals surface area contributed by atoms with Crippen LogP contribution in [0.25, 0.3) is 0 Å². The van der Waals surface area contributed by atoms with Gasteiger partial charge in [-0.15, -0.1) is 11.3 Å². The molecule has 1 rings (SSSR count). The Kier molecular flexibility index (Phi) is 4.47. The summed E-state index contributed by atoms with van der Waals surface area (Å²) in [4.78, 5) is 7.84. The zero-order valence-electron chi connectivity index (χ0n) is 11.2. The predicted molar refractivity (Wildman–Crippen MR) is 71.0 cm³/mol. The first-order valence-corrected chi connectivity index (χ1v) is 6.48. The predicted octanol–water partition coefficient (Wildman–Crippen LogP) is 2.44. The second kappa shape index (κ2) is 5.25. The average Bonchev–Trinajstić information content (AvgIpc) is 2.61. The van der Waals surface area contributed by atoms with Gasteiger partial charge in [0.05, 0.1) is 5.01 Å². The van der Waals surface area contributed by atoms with Crippen molar-refractivity contribution in [2.45, 2.75) is 39.3 Å². The lowest BCUT2D eigenvalue weighted by atomic mass is 10.0. The summed E-state index contributed by atoms with van der Waals surface area (Å²) in [5, 5.41) is 4.70. The van der Waals surface area contributed by atoms with Gasteiger partial charge in [-0.05, 0) is 41.8 Å². The summed E-state index contributed by atoms with van der Waals surface area (Å²) in [5.41, 5.74) is 0.175. The average molecular weight is 241 g/mol. The summed E-state index contributed by atoms with van der Waals surface area (Å²) in [7, 11) is 4.23. The third-order valence-electron chi connectivity index (χ3n) is 3.12. The monoisotopic (exact) mass is 241 g/mol. The van der Waals surface area contributed by atoms with E-state index in [0.29, 0.717) is 6.04 Å². The van der Waals surface area contributed by atoms with Crippen molar-refractivity contribution in [3.05, 3.63) is 16.1 Å². The molecule has 1 unspecified atom stereocenters. The summed E-state index contributed by atoms with van der Waals surface area (Å²) >= 11 is 1.77. The number of hydrogen-bond acceptors (Lipinski definition) is 4. The Bertz CT molecular complexity index is 331. The van der Waals surface area contributed by atoms with Crippen LogP contribution in [0.3, 0.4) is 0 Å². The molecule has 1 aromatic heterocycles. The van der Waals surface area contributed by atoms with Gasteiger partial charge in [-0.3, -0.25) is 0 Å². The summed E-state index contributed by atoms with van der Waals surface area (Å²) in [5.74, 6) is 0. The minimum absolute atomic E-state index is 0.175. The minimum atomic E-state index is 0.175. The lowest BCUT2D eigenvalue weighted by molar-refractivity contribution is 0.185. The van der Waals surface area contributed by atoms with Gasteiger partial charge in [-0.2, -0.15) is 0 Å². The molecular weight excluding hydrogens is 218 g/mol. The highest BCUT2D eigenvalue weighted by atomic mass is 32.1. The lowest BCUT2D eigenvalue weighted by Gasteiger charge is -2.33. The number of aromatic nitrogens is 1. The van der Waals surface area contributed by atoms with E-state index in [9.17, 15) is 0 Å². The van der Waals surface area contributed by atoms with Crippen LogP contribution in [0.4, 0.5) is 0 Å². The van der Waals surface area contributed by atoms with Crippen molar-refractivity contribution in [3.63, 3.8) is 0 Å². The van der Waals surface area contributed by atoms with Crippen LogP contribution in [0.5, 0.6) is 0 Å². The molecule has 92 valence electrons. The van der Waals surface area contributed by atoms with Gasteiger partial charge in [0.25, 0.3) is 0 Å². The molecule has 0 saturated carbocycles. The van der Waals surface area contributed by atoms with Gasteiger partial charge in [-0.1, -0.05) is 0 Å². The Hall–Kier alpha value is -0.450. The Balaban J connectivity index is 2.50. The number of likely N-dealkylation sites (N-methyl/N-ethyl adjacent to an activating group) is 1. The molecule has 0 fully saturated rings. The van der Waals surface area contributed by atoms with E-state index in [4.69, 9.17) is 0 Å². The van der Waals surface area contributed by atoms with Crippen LogP contribution in [-0.2, 0) is 0 Å². The van der Waals surface area contributed by atoms with E-state index in [1.54, 1.807) is 11.3 Å². The van der Waals surface area contributed by atoms with Gasteiger partial charge in [0, 0.05) is 29.2 Å². The van der Waals surface area contributed by atoms with Crippen molar-refractivity contribution in [2.75, 3.05) is 20.6 Å². The number of hydrogen-bond donors (Lipinski definition) is 1. The number of nitrogens with zero attached hydrogens (tertiary/aromatic N) is 2. The SMILES string of the molecule is Cc1ncc(C(C)NCC(C)(C)N(C)C)s1. The van der Waals surface area contributed by atoms with Gasteiger partial charge in [0.15, 0.2) is 0 Å². The maximum absolute atomic E-state index is 4.29. The van der Waals surface area contributed by atoms with Crippen molar-refractivity contribution < 1.29 is 0 Å². The van der Waals surface area contributed by atoms with Crippen molar-refractivity contribution >= 4 is 11.3 Å². The first-order valence-electron chi connectivity index (χ1n) is 5.66. The summed E-state index contributed by atoms with van der Waals surface area (Å²) in [6, 6.07) is 0.380. The van der Waals surface area contributed by atoms with Gasteiger partial charge in [0.2, 0.25) is 0 Å². The van der Waals surface area contributed by atoms with Crippen LogP contribution in [0.2, 0.25) is 0 Å². The van der Waals surface area contributed by atoms with Crippen LogP contribution in [0.1, 0.15) is 36.7 Å². The van der Waals surface area contributed by atoms with Crippen LogP contribution in [-0.4, -0.2) is 36.1 Å². The summed E-state index contributed by atoms with van der Waals surface area (Å²) < 4.78 is 0. The fourth-order valence-electron chi connectivity index (χ4n) is 1.24. The van der Waals surface area contributed by atoms with Gasteiger partial charge >= 0.3 is 0 Å². The molecule has 1 N–H and O–H groups in total. The third kappa shape index (κ3) is 3.54. The molecule has 0 amide bonds. The molecule has 0 aliphatic rings. The molecule has 0 aliphatic heterocycles. The Morgan fingerprint density at radius 1 is 1.50 bits per heavy atom. The molecule has 0 radical (unpaired) electrons. The second-order valence-electron chi connectivity index (χ2n) is 5.09. The van der Waals surface area contributed by atoms with E-state index in [2.05, 4.69) is 50.1 Å². The van der Waals surface area contributed by atoms with Crippen molar-refractivity contribution in [1.82, 2.24) is 15.2 Å². The molecule has 1 atom stereocenters. The van der Waals surface area contributed by atoms with E-state index < -0.39 is 0 Å². The molecule has 1 heterocycles. The number of thiazole rings is 1. The Morgan fingerprint density at radius 2 is 2.12 bits per heavy atom. The number of rotatable bonds is 5. The highest BCUT2D eigenvalue weighted by Crippen LogP contribution is 2.20. The van der Waals surface area contributed by atoms with E-state index in [1.165, 1.54) is 4.88 Å². The Morgan fingerprint density at radius 3 is 2.56 bits per heavy atom. The number of aryl methyl sites for hydroxylation is 1. The lowest BCUT2D eigenvalue weighted by Crippen LogP contribution is -2.47. The zero-order valence-corrected chi connectivity index (χ0v) is 12.0. The zero-order chi connectivity index (χ0) is 12.3. The van der Waals surface area contributed by atoms with Crippen LogP contribution >= 0.6 is 11.3 Å². The molecule has 0 aromatic carbocycles. The first-order chi connectivity index (χ1) is 7.33. The first kappa shape index (κ1) is 13.6. The highest BCUT2D eigenvalue weighted by Gasteiger charge is 2.21. The molecular formula is C12H23N3S. The third-order valence-corrected chi connectivity index (χ3v) is 4.21. The van der Waals surface area contributed by atoms with Gasteiger partial charge < -0.3 is 10.2 Å². The maximum atomic E-state index is 4.29. The second-order valence-corrected chi connectivity index (χ2v) is 6.36. The quantitative estimate of drug-likeness (QED) is 0.858. The number of nitrogens with one attached hydrogen (secondary N) is 1. The van der Waals surface area contributed by atoms with Gasteiger partial charge in [-0.25, -0.2) is 4.98 Å². The van der Waals surface area contributed by atoms with E-state index in [0.717, 1.165) is 11.6 Å². The molecule has 0 saturated heterocycles. The molecule has 0 spiro atoms. The van der Waals surface area contributed by atoms with Crippen molar-refractivity contribution in [2.24, 2.45) is 0 Å². The highest BCUT2D eigenvalue weighted by molar-refractivity contribution is 7.11. The van der Waals surface area contributed by atoms with Crippen LogP contribution in [0.15, 0.2) is 6.20 Å². The van der Waals surface area contributed by atoms with E-state index in [-0.39, 0.29) is 5.54 Å². The molecule has 3 nitrogen and oxygen atoms in total. The van der Waals surface area contributed by atoms with Gasteiger partial charge in [0.1, 0.15) is 0 Å². The molecule has 0 bridgehead atoms. The topological polar surface area (TPSA) is 28.2 Å². The van der Waals surface area contributed by atoms with Crippen LogP contribution < -0.4 is 5.32 Å². The fraction of sp³-hybridized carbons (Fsp3) is 0.750. The minimum Gasteiger partial charge on any atom is -0.308 e. The summed E-state index contributed by atoms with van der Waals surface area (Å²) in [6.45, 7) is 9.69. The normalized spacial score (nSPS) is 14.4. The molecule has 1 aromatic rings. The molecule has 0 aliphatic carbocycles. The van der Waals surface area contributed by atoms with E-state index >= 15 is 0 Å². The van der Waals surface area contributed by atoms with Crippen molar-refractivity contribution in [3.8, 4) is 0 Å². The standard InChI is InChI=1S/C12H23N3S/c1-9(11-7-13-10(2)16-11)14-8-12(3,4)15(5)6/h7,9,14H,8H2,1-6H3. The Labute approximate surface area is 103 Å². The largest absolute Gasteiger partial charge is 0.308 e. The molecule has 16 heavy (non-hydrogen) atoms.